The third kappa shape index (κ3) is 2.40. The van der Waals surface area contributed by atoms with Crippen LogP contribution in [-0.2, 0) is 14.3 Å². The second-order valence-corrected chi connectivity index (χ2v) is 5.41. The van der Waals surface area contributed by atoms with Crippen molar-refractivity contribution < 1.29 is 14.3 Å². The molecule has 0 aromatic carbocycles. The van der Waals surface area contributed by atoms with E-state index in [1.165, 1.54) is 0 Å². The molecule has 2 fully saturated rings. The molecule has 0 unspecified atom stereocenters. The summed E-state index contributed by atoms with van der Waals surface area (Å²) in [7, 11) is 0. The van der Waals surface area contributed by atoms with Crippen LogP contribution in [0.2, 0.25) is 0 Å². The Hall–Kier alpha value is -1.01. The molecule has 0 radical (unpaired) electrons. The number of piperidine rings is 1. The van der Waals surface area contributed by atoms with Crippen molar-refractivity contribution in [2.45, 2.75) is 44.1 Å². The molecule has 0 saturated carbocycles. The minimum atomic E-state index is -0.399. The molecule has 0 aromatic rings. The minimum absolute atomic E-state index is 0.196. The van der Waals surface area contributed by atoms with Gasteiger partial charge in [-0.1, -0.05) is 0 Å². The molecule has 0 bridgehead atoms. The normalized spacial score (nSPS) is 27.7. The van der Waals surface area contributed by atoms with Crippen molar-refractivity contribution >= 4 is 5.91 Å². The highest BCUT2D eigenvalue weighted by molar-refractivity contribution is 5.76. The highest BCUT2D eigenvalue weighted by Gasteiger charge is 2.41. The summed E-state index contributed by atoms with van der Waals surface area (Å²) in [6.45, 7) is 4.75. The van der Waals surface area contributed by atoms with Crippen LogP contribution >= 0.6 is 0 Å². The lowest BCUT2D eigenvalue weighted by Crippen LogP contribution is -2.47. The second-order valence-electron chi connectivity index (χ2n) is 5.41. The van der Waals surface area contributed by atoms with Crippen LogP contribution in [0.5, 0.6) is 0 Å². The summed E-state index contributed by atoms with van der Waals surface area (Å²) in [5.41, 5.74) is -0.273. The Balaban J connectivity index is 1.45. The molecule has 100 valence electrons. The predicted octanol–water partition coefficient (Wildman–Crippen LogP) is 1.31. The first-order valence-electron chi connectivity index (χ1n) is 6.61. The zero-order chi connectivity index (χ0) is 12.6. The molecule has 2 saturated heterocycles. The van der Waals surface area contributed by atoms with Gasteiger partial charge in [0.15, 0.2) is 11.4 Å². The Bertz CT molecular complexity index is 361. The lowest BCUT2D eigenvalue weighted by molar-refractivity contribution is -0.187. The van der Waals surface area contributed by atoms with Crippen molar-refractivity contribution in [1.82, 2.24) is 4.90 Å². The molecule has 1 spiro atoms. The maximum atomic E-state index is 12.0. The summed E-state index contributed by atoms with van der Waals surface area (Å²) >= 11 is 0. The first kappa shape index (κ1) is 12.0. The lowest BCUT2D eigenvalue weighted by atomic mass is 10.0. The van der Waals surface area contributed by atoms with E-state index in [0.29, 0.717) is 19.6 Å². The maximum absolute atomic E-state index is 12.0. The summed E-state index contributed by atoms with van der Waals surface area (Å²) in [5.74, 6) is -0.203. The highest BCUT2D eigenvalue weighted by atomic mass is 16.7. The van der Waals surface area contributed by atoms with Gasteiger partial charge in [0.1, 0.15) is 0 Å². The molecule has 0 aliphatic carbocycles. The summed E-state index contributed by atoms with van der Waals surface area (Å²) < 4.78 is 11.3. The zero-order valence-corrected chi connectivity index (χ0v) is 10.7. The molecule has 3 aliphatic rings. The standard InChI is InChI=1S/C12H19N3O3/c1-11(13-14-11)3-2-10(16)15-6-4-12(5-7-15)17-8-9-18-12/h2-9H2,1H3. The SMILES string of the molecule is CC1(CCC(=O)N2CCC3(CC2)OCCO3)N=N1. The van der Waals surface area contributed by atoms with E-state index in [4.69, 9.17) is 9.47 Å². The summed E-state index contributed by atoms with van der Waals surface area (Å²) in [6.07, 6.45) is 2.81. The molecule has 18 heavy (non-hydrogen) atoms. The number of hydrogen-bond donors (Lipinski definition) is 0. The van der Waals surface area contributed by atoms with Crippen molar-refractivity contribution in [3.63, 3.8) is 0 Å². The molecule has 0 N–H and O–H groups in total. The van der Waals surface area contributed by atoms with Crippen LogP contribution in [-0.4, -0.2) is 48.6 Å². The predicted molar refractivity (Wildman–Crippen MR) is 62.9 cm³/mol. The van der Waals surface area contributed by atoms with Crippen molar-refractivity contribution in [2.24, 2.45) is 10.2 Å². The van der Waals surface area contributed by atoms with Gasteiger partial charge >= 0.3 is 0 Å². The van der Waals surface area contributed by atoms with Gasteiger partial charge in [-0.05, 0) is 6.92 Å². The number of rotatable bonds is 3. The molecule has 3 aliphatic heterocycles. The Morgan fingerprint density at radius 2 is 1.83 bits per heavy atom. The Morgan fingerprint density at radius 3 is 2.39 bits per heavy atom. The van der Waals surface area contributed by atoms with Crippen molar-refractivity contribution in [3.8, 4) is 0 Å². The van der Waals surface area contributed by atoms with E-state index < -0.39 is 5.79 Å². The molecule has 0 aromatic heterocycles. The second kappa shape index (κ2) is 4.28. The fourth-order valence-corrected chi connectivity index (χ4v) is 2.57. The fraction of sp³-hybridized carbons (Fsp3) is 0.917. The van der Waals surface area contributed by atoms with Crippen LogP contribution in [0.3, 0.4) is 0 Å². The van der Waals surface area contributed by atoms with Gasteiger partial charge in [-0.15, -0.1) is 0 Å². The van der Waals surface area contributed by atoms with E-state index in [1.807, 2.05) is 11.8 Å². The minimum Gasteiger partial charge on any atom is -0.347 e. The average molecular weight is 253 g/mol. The molecular weight excluding hydrogens is 234 g/mol. The van der Waals surface area contributed by atoms with Gasteiger partial charge in [0.25, 0.3) is 0 Å². The van der Waals surface area contributed by atoms with Crippen molar-refractivity contribution in [3.05, 3.63) is 0 Å². The first-order valence-corrected chi connectivity index (χ1v) is 6.61. The number of carbonyl (C=O) groups excluding carboxylic acids is 1. The van der Waals surface area contributed by atoms with Crippen LogP contribution < -0.4 is 0 Å². The van der Waals surface area contributed by atoms with Gasteiger partial charge in [-0.3, -0.25) is 4.79 Å². The topological polar surface area (TPSA) is 63.5 Å². The number of ether oxygens (including phenoxy) is 2. The van der Waals surface area contributed by atoms with E-state index in [9.17, 15) is 4.79 Å². The summed E-state index contributed by atoms with van der Waals surface area (Å²) in [6, 6.07) is 0. The Kier molecular flexibility index (Phi) is 2.86. The molecule has 1 amide bonds. The smallest absolute Gasteiger partial charge is 0.222 e. The molecule has 6 heteroatoms. The van der Waals surface area contributed by atoms with Crippen LogP contribution in [0.25, 0.3) is 0 Å². The van der Waals surface area contributed by atoms with Crippen LogP contribution in [0.4, 0.5) is 0 Å². The van der Waals surface area contributed by atoms with E-state index in [0.717, 1.165) is 32.4 Å². The van der Waals surface area contributed by atoms with E-state index in [-0.39, 0.29) is 11.6 Å². The zero-order valence-electron chi connectivity index (χ0n) is 10.7. The van der Waals surface area contributed by atoms with Crippen LogP contribution in [0.1, 0.15) is 32.6 Å². The number of amides is 1. The monoisotopic (exact) mass is 253 g/mol. The number of hydrogen-bond acceptors (Lipinski definition) is 5. The molecule has 3 rings (SSSR count). The van der Waals surface area contributed by atoms with E-state index in [2.05, 4.69) is 10.2 Å². The van der Waals surface area contributed by atoms with E-state index in [1.54, 1.807) is 0 Å². The summed E-state index contributed by atoms with van der Waals surface area (Å²) in [4.78, 5) is 13.9. The maximum Gasteiger partial charge on any atom is 0.222 e. The Labute approximate surface area is 106 Å². The highest BCUT2D eigenvalue weighted by Crippen LogP contribution is 2.34. The van der Waals surface area contributed by atoms with Gasteiger partial charge in [0.2, 0.25) is 5.91 Å². The first-order chi connectivity index (χ1) is 8.61. The van der Waals surface area contributed by atoms with Gasteiger partial charge in [-0.2, -0.15) is 10.2 Å². The van der Waals surface area contributed by atoms with Gasteiger partial charge < -0.3 is 14.4 Å². The van der Waals surface area contributed by atoms with E-state index >= 15 is 0 Å². The van der Waals surface area contributed by atoms with Crippen molar-refractivity contribution in [1.29, 1.82) is 0 Å². The van der Waals surface area contributed by atoms with Crippen LogP contribution in [0.15, 0.2) is 10.2 Å². The quantitative estimate of drug-likeness (QED) is 0.762. The molecular formula is C12H19N3O3. The number of nitrogens with zero attached hydrogens (tertiary/aromatic N) is 3. The fourth-order valence-electron chi connectivity index (χ4n) is 2.57. The van der Waals surface area contributed by atoms with Crippen molar-refractivity contribution in [2.75, 3.05) is 26.3 Å². The lowest BCUT2D eigenvalue weighted by Gasteiger charge is -2.37. The Morgan fingerprint density at radius 1 is 1.22 bits per heavy atom. The number of carbonyl (C=O) groups is 1. The van der Waals surface area contributed by atoms with Gasteiger partial charge in [0.05, 0.1) is 13.2 Å². The van der Waals surface area contributed by atoms with Gasteiger partial charge in [0, 0.05) is 38.8 Å². The third-order valence-corrected chi connectivity index (χ3v) is 3.95. The van der Waals surface area contributed by atoms with Crippen LogP contribution in [0, 0.1) is 0 Å². The molecule has 3 heterocycles. The molecule has 0 atom stereocenters. The third-order valence-electron chi connectivity index (χ3n) is 3.95. The molecule has 6 nitrogen and oxygen atoms in total. The summed E-state index contributed by atoms with van der Waals surface area (Å²) in [5, 5.41) is 7.85. The largest absolute Gasteiger partial charge is 0.347 e. The average Bonchev–Trinajstić information content (AvgIpc) is 2.95. The number of likely N-dealkylation sites (tertiary alicyclic amines) is 1. The van der Waals surface area contributed by atoms with Gasteiger partial charge in [-0.25, -0.2) is 0 Å².